The minimum Gasteiger partial charge on any atom is -0.360 e. The first-order valence-corrected chi connectivity index (χ1v) is 6.70. The lowest BCUT2D eigenvalue weighted by Gasteiger charge is -2.23. The fraction of sp³-hybridized carbons (Fsp3) is 0.615. The molecule has 1 aromatic rings. The van der Waals surface area contributed by atoms with Crippen molar-refractivity contribution in [2.75, 3.05) is 18.4 Å². The minimum absolute atomic E-state index is 0.280. The SMILES string of the molecule is Cc1cc(NC(=O)C(=O)N2CCCCCCC2)no1. The molecule has 1 aromatic heterocycles. The molecule has 0 radical (unpaired) electrons. The Labute approximate surface area is 112 Å². The predicted molar refractivity (Wildman–Crippen MR) is 69.5 cm³/mol. The van der Waals surface area contributed by atoms with Crippen LogP contribution in [0.25, 0.3) is 0 Å². The molecule has 0 atom stereocenters. The summed E-state index contributed by atoms with van der Waals surface area (Å²) < 4.78 is 4.84. The number of anilines is 1. The number of hydrogen-bond donors (Lipinski definition) is 1. The van der Waals surface area contributed by atoms with Crippen molar-refractivity contribution in [2.24, 2.45) is 0 Å². The standard InChI is InChI=1S/C13H19N3O3/c1-10-9-11(15-19-10)14-12(17)13(18)16-7-5-3-2-4-6-8-16/h9H,2-8H2,1H3,(H,14,15,17). The molecule has 1 fully saturated rings. The van der Waals surface area contributed by atoms with Crippen LogP contribution in [-0.2, 0) is 9.59 Å². The molecule has 0 spiro atoms. The van der Waals surface area contributed by atoms with Gasteiger partial charge in [0.15, 0.2) is 5.82 Å². The molecule has 0 aromatic carbocycles. The van der Waals surface area contributed by atoms with Crippen LogP contribution in [-0.4, -0.2) is 35.0 Å². The van der Waals surface area contributed by atoms with Crippen LogP contribution in [0.4, 0.5) is 5.82 Å². The number of nitrogens with zero attached hydrogens (tertiary/aromatic N) is 2. The zero-order valence-corrected chi connectivity index (χ0v) is 11.1. The number of hydrogen-bond acceptors (Lipinski definition) is 4. The third-order valence-electron chi connectivity index (χ3n) is 3.21. The van der Waals surface area contributed by atoms with E-state index in [-0.39, 0.29) is 5.82 Å². The summed E-state index contributed by atoms with van der Waals surface area (Å²) in [5, 5.41) is 6.10. The third kappa shape index (κ3) is 3.81. The van der Waals surface area contributed by atoms with Gasteiger partial charge in [-0.25, -0.2) is 0 Å². The molecular formula is C13H19N3O3. The summed E-state index contributed by atoms with van der Waals surface area (Å²) in [7, 11) is 0. The van der Waals surface area contributed by atoms with Gasteiger partial charge in [0.05, 0.1) is 0 Å². The molecule has 2 rings (SSSR count). The van der Waals surface area contributed by atoms with E-state index < -0.39 is 11.8 Å². The van der Waals surface area contributed by atoms with E-state index in [0.29, 0.717) is 18.8 Å². The Balaban J connectivity index is 1.91. The number of aromatic nitrogens is 1. The molecule has 0 aliphatic carbocycles. The van der Waals surface area contributed by atoms with Crippen LogP contribution in [0.2, 0.25) is 0 Å². The maximum absolute atomic E-state index is 12.0. The molecule has 1 saturated heterocycles. The summed E-state index contributed by atoms with van der Waals surface area (Å²) in [5.41, 5.74) is 0. The van der Waals surface area contributed by atoms with Crippen molar-refractivity contribution in [3.63, 3.8) is 0 Å². The maximum Gasteiger partial charge on any atom is 0.315 e. The molecule has 2 heterocycles. The average Bonchev–Trinajstić information content (AvgIpc) is 2.73. The molecule has 1 aliphatic heterocycles. The van der Waals surface area contributed by atoms with Crippen LogP contribution >= 0.6 is 0 Å². The van der Waals surface area contributed by atoms with Gasteiger partial charge in [-0.1, -0.05) is 24.4 Å². The number of nitrogens with one attached hydrogen (secondary N) is 1. The summed E-state index contributed by atoms with van der Waals surface area (Å²) in [6, 6.07) is 1.58. The number of carbonyl (C=O) groups excluding carboxylic acids is 2. The first-order valence-electron chi connectivity index (χ1n) is 6.70. The molecule has 0 saturated carbocycles. The highest BCUT2D eigenvalue weighted by Gasteiger charge is 2.22. The molecular weight excluding hydrogens is 246 g/mol. The Bertz CT molecular complexity index is 448. The topological polar surface area (TPSA) is 75.4 Å². The van der Waals surface area contributed by atoms with Crippen molar-refractivity contribution in [2.45, 2.75) is 39.0 Å². The molecule has 0 unspecified atom stereocenters. The fourth-order valence-corrected chi connectivity index (χ4v) is 2.19. The fourth-order valence-electron chi connectivity index (χ4n) is 2.19. The lowest BCUT2D eigenvalue weighted by Crippen LogP contribution is -2.41. The van der Waals surface area contributed by atoms with Gasteiger partial charge in [-0.15, -0.1) is 0 Å². The number of aryl methyl sites for hydroxylation is 1. The van der Waals surface area contributed by atoms with Crippen molar-refractivity contribution in [3.8, 4) is 0 Å². The number of amides is 2. The van der Waals surface area contributed by atoms with E-state index in [1.165, 1.54) is 6.42 Å². The summed E-state index contributed by atoms with van der Waals surface area (Å²) >= 11 is 0. The van der Waals surface area contributed by atoms with E-state index in [9.17, 15) is 9.59 Å². The van der Waals surface area contributed by atoms with Gasteiger partial charge in [0, 0.05) is 19.2 Å². The van der Waals surface area contributed by atoms with E-state index in [4.69, 9.17) is 4.52 Å². The van der Waals surface area contributed by atoms with Crippen molar-refractivity contribution in [1.82, 2.24) is 10.1 Å². The Hall–Kier alpha value is -1.85. The highest BCUT2D eigenvalue weighted by Crippen LogP contribution is 2.12. The van der Waals surface area contributed by atoms with Crippen LogP contribution in [0, 0.1) is 6.92 Å². The summed E-state index contributed by atoms with van der Waals surface area (Å²) in [4.78, 5) is 25.5. The predicted octanol–water partition coefficient (Wildman–Crippen LogP) is 1.71. The monoisotopic (exact) mass is 265 g/mol. The van der Waals surface area contributed by atoms with Crippen molar-refractivity contribution in [1.29, 1.82) is 0 Å². The van der Waals surface area contributed by atoms with Crippen LogP contribution < -0.4 is 5.32 Å². The molecule has 0 bridgehead atoms. The van der Waals surface area contributed by atoms with Crippen LogP contribution in [0.5, 0.6) is 0 Å². The van der Waals surface area contributed by atoms with Crippen molar-refractivity contribution < 1.29 is 14.1 Å². The Morgan fingerprint density at radius 1 is 1.21 bits per heavy atom. The van der Waals surface area contributed by atoms with Gasteiger partial charge in [0.2, 0.25) is 0 Å². The summed E-state index contributed by atoms with van der Waals surface area (Å²) in [6.45, 7) is 3.04. The van der Waals surface area contributed by atoms with Gasteiger partial charge in [-0.3, -0.25) is 14.9 Å². The Kier molecular flexibility index (Phi) is 4.54. The number of rotatable bonds is 1. The Morgan fingerprint density at radius 3 is 2.42 bits per heavy atom. The minimum atomic E-state index is -0.645. The molecule has 1 aliphatic rings. The second-order valence-corrected chi connectivity index (χ2v) is 4.84. The molecule has 104 valence electrons. The van der Waals surface area contributed by atoms with E-state index in [1.54, 1.807) is 17.9 Å². The largest absolute Gasteiger partial charge is 0.360 e. The quantitative estimate of drug-likeness (QED) is 0.784. The van der Waals surface area contributed by atoms with Crippen molar-refractivity contribution >= 4 is 17.6 Å². The van der Waals surface area contributed by atoms with Crippen LogP contribution in [0.15, 0.2) is 10.6 Å². The third-order valence-corrected chi connectivity index (χ3v) is 3.21. The first-order chi connectivity index (χ1) is 9.16. The highest BCUT2D eigenvalue weighted by molar-refractivity contribution is 6.39. The molecule has 19 heavy (non-hydrogen) atoms. The van der Waals surface area contributed by atoms with Gasteiger partial charge in [-0.2, -0.15) is 0 Å². The van der Waals surface area contributed by atoms with Gasteiger partial charge in [-0.05, 0) is 19.8 Å². The lowest BCUT2D eigenvalue weighted by atomic mass is 10.1. The van der Waals surface area contributed by atoms with E-state index in [0.717, 1.165) is 25.7 Å². The second kappa shape index (κ2) is 6.36. The zero-order valence-electron chi connectivity index (χ0n) is 11.1. The smallest absolute Gasteiger partial charge is 0.315 e. The zero-order chi connectivity index (χ0) is 13.7. The first kappa shape index (κ1) is 13.6. The molecule has 2 amide bonds. The molecule has 6 heteroatoms. The number of carbonyl (C=O) groups is 2. The highest BCUT2D eigenvalue weighted by atomic mass is 16.5. The van der Waals surface area contributed by atoms with E-state index in [1.807, 2.05) is 0 Å². The Morgan fingerprint density at radius 2 is 1.84 bits per heavy atom. The van der Waals surface area contributed by atoms with Gasteiger partial charge >= 0.3 is 11.8 Å². The summed E-state index contributed by atoms with van der Waals surface area (Å²) in [6.07, 6.45) is 5.37. The normalized spacial score (nSPS) is 16.6. The van der Waals surface area contributed by atoms with Gasteiger partial charge in [0.25, 0.3) is 0 Å². The second-order valence-electron chi connectivity index (χ2n) is 4.84. The average molecular weight is 265 g/mol. The number of likely N-dealkylation sites (tertiary alicyclic amines) is 1. The maximum atomic E-state index is 12.0. The van der Waals surface area contributed by atoms with Crippen LogP contribution in [0.3, 0.4) is 0 Å². The van der Waals surface area contributed by atoms with Crippen molar-refractivity contribution in [3.05, 3.63) is 11.8 Å². The van der Waals surface area contributed by atoms with E-state index >= 15 is 0 Å². The van der Waals surface area contributed by atoms with E-state index in [2.05, 4.69) is 10.5 Å². The molecule has 1 N–H and O–H groups in total. The van der Waals surface area contributed by atoms with Crippen LogP contribution in [0.1, 0.15) is 37.9 Å². The van der Waals surface area contributed by atoms with Gasteiger partial charge in [0.1, 0.15) is 5.76 Å². The lowest BCUT2D eigenvalue weighted by molar-refractivity contribution is -0.143. The summed E-state index contributed by atoms with van der Waals surface area (Å²) in [5.74, 6) is -0.256. The molecule has 6 nitrogen and oxygen atoms in total. The van der Waals surface area contributed by atoms with Gasteiger partial charge < -0.3 is 9.42 Å².